The monoisotopic (exact) mass is 335 g/mol. The number of benzene rings is 1. The van der Waals surface area contributed by atoms with Crippen LogP contribution in [0.15, 0.2) is 16.6 Å². The van der Waals surface area contributed by atoms with Crippen LogP contribution in [-0.2, 0) is 6.42 Å². The predicted octanol–water partition coefficient (Wildman–Crippen LogP) is 4.08. The van der Waals surface area contributed by atoms with Gasteiger partial charge in [0.2, 0.25) is 0 Å². The van der Waals surface area contributed by atoms with Crippen molar-refractivity contribution in [3.63, 3.8) is 0 Å². The zero-order valence-electron chi connectivity index (χ0n) is 12.0. The highest BCUT2D eigenvalue weighted by Crippen LogP contribution is 2.54. The number of hydrogen-bond acceptors (Lipinski definition) is 2. The van der Waals surface area contributed by atoms with Gasteiger partial charge in [-0.2, -0.15) is 0 Å². The molecule has 4 unspecified atom stereocenters. The fraction of sp³-hybridized carbons (Fsp3) is 0.647. The smallest absolute Gasteiger partial charge is 0.127 e. The van der Waals surface area contributed by atoms with Gasteiger partial charge in [0.05, 0.1) is 6.61 Å². The van der Waals surface area contributed by atoms with E-state index < -0.39 is 0 Å². The Morgan fingerprint density at radius 2 is 2.20 bits per heavy atom. The average molecular weight is 336 g/mol. The molecule has 3 aliphatic rings. The lowest BCUT2D eigenvalue weighted by molar-refractivity contribution is 0.253. The van der Waals surface area contributed by atoms with Gasteiger partial charge in [-0.25, -0.2) is 0 Å². The summed E-state index contributed by atoms with van der Waals surface area (Å²) in [5, 5.41) is 3.60. The van der Waals surface area contributed by atoms with Crippen molar-refractivity contribution in [1.29, 1.82) is 0 Å². The van der Waals surface area contributed by atoms with E-state index in [1.165, 1.54) is 41.3 Å². The predicted molar refractivity (Wildman–Crippen MR) is 84.1 cm³/mol. The van der Waals surface area contributed by atoms with Gasteiger partial charge in [-0.15, -0.1) is 0 Å². The molecule has 0 aromatic heterocycles. The number of hydrogen-bond donors (Lipinski definition) is 1. The zero-order chi connectivity index (χ0) is 13.7. The largest absolute Gasteiger partial charge is 0.493 e. The van der Waals surface area contributed by atoms with Gasteiger partial charge in [0.1, 0.15) is 5.75 Å². The molecule has 2 saturated carbocycles. The van der Waals surface area contributed by atoms with Gasteiger partial charge in [0, 0.05) is 22.5 Å². The Kier molecular flexibility index (Phi) is 3.30. The number of ether oxygens (including phenoxy) is 1. The third kappa shape index (κ3) is 2.01. The van der Waals surface area contributed by atoms with Crippen LogP contribution in [0.25, 0.3) is 0 Å². The molecule has 0 amide bonds. The second-order valence-electron chi connectivity index (χ2n) is 6.69. The van der Waals surface area contributed by atoms with Crippen LogP contribution in [-0.4, -0.2) is 13.7 Å². The van der Waals surface area contributed by atoms with Crippen LogP contribution >= 0.6 is 15.9 Å². The maximum absolute atomic E-state index is 5.95. The molecule has 0 radical (unpaired) electrons. The SMILES string of the molecule is CNC(c1cc(Br)cc2c1OCC2)C1CC2CCC1C2. The van der Waals surface area contributed by atoms with E-state index in [4.69, 9.17) is 4.74 Å². The molecular formula is C17H22BrNO. The van der Waals surface area contributed by atoms with E-state index in [2.05, 4.69) is 40.4 Å². The van der Waals surface area contributed by atoms with Crippen LogP contribution in [0.3, 0.4) is 0 Å². The maximum atomic E-state index is 5.95. The first-order chi connectivity index (χ1) is 9.76. The molecule has 108 valence electrons. The van der Waals surface area contributed by atoms with Crippen LogP contribution in [0.4, 0.5) is 0 Å². The fourth-order valence-electron chi connectivity index (χ4n) is 4.83. The summed E-state index contributed by atoms with van der Waals surface area (Å²) in [6.07, 6.45) is 6.81. The first-order valence-corrected chi connectivity index (χ1v) is 8.68. The maximum Gasteiger partial charge on any atom is 0.127 e. The summed E-state index contributed by atoms with van der Waals surface area (Å²) in [4.78, 5) is 0. The highest BCUT2D eigenvalue weighted by atomic mass is 79.9. The van der Waals surface area contributed by atoms with E-state index in [1.54, 1.807) is 0 Å². The Hall–Kier alpha value is -0.540. The molecule has 2 aliphatic carbocycles. The van der Waals surface area contributed by atoms with Crippen molar-refractivity contribution in [2.24, 2.45) is 17.8 Å². The minimum absolute atomic E-state index is 0.453. The van der Waals surface area contributed by atoms with Crippen molar-refractivity contribution in [3.05, 3.63) is 27.7 Å². The van der Waals surface area contributed by atoms with E-state index in [0.717, 1.165) is 36.5 Å². The molecule has 0 saturated heterocycles. The number of nitrogens with one attached hydrogen (secondary N) is 1. The summed E-state index contributed by atoms with van der Waals surface area (Å²) in [6, 6.07) is 4.95. The third-order valence-corrected chi connectivity index (χ3v) is 6.10. The van der Waals surface area contributed by atoms with Gasteiger partial charge in [-0.1, -0.05) is 22.4 Å². The topological polar surface area (TPSA) is 21.3 Å². The van der Waals surface area contributed by atoms with E-state index in [1.807, 2.05) is 0 Å². The highest BCUT2D eigenvalue weighted by Gasteiger charge is 2.44. The molecular weight excluding hydrogens is 314 g/mol. The lowest BCUT2D eigenvalue weighted by Gasteiger charge is -2.31. The Bertz CT molecular complexity index is 530. The van der Waals surface area contributed by atoms with Crippen molar-refractivity contribution in [1.82, 2.24) is 5.32 Å². The van der Waals surface area contributed by atoms with Crippen molar-refractivity contribution in [3.8, 4) is 5.75 Å². The summed E-state index contributed by atoms with van der Waals surface area (Å²) >= 11 is 3.68. The van der Waals surface area contributed by atoms with Crippen molar-refractivity contribution >= 4 is 15.9 Å². The molecule has 2 bridgehead atoms. The first-order valence-electron chi connectivity index (χ1n) is 7.88. The van der Waals surface area contributed by atoms with Crippen molar-refractivity contribution in [2.45, 2.75) is 38.1 Å². The van der Waals surface area contributed by atoms with Crippen LogP contribution in [0, 0.1) is 17.8 Å². The Morgan fingerprint density at radius 3 is 2.90 bits per heavy atom. The van der Waals surface area contributed by atoms with Crippen LogP contribution in [0.2, 0.25) is 0 Å². The minimum atomic E-state index is 0.453. The van der Waals surface area contributed by atoms with E-state index in [9.17, 15) is 0 Å². The summed E-state index contributed by atoms with van der Waals surface area (Å²) in [5.41, 5.74) is 2.75. The van der Waals surface area contributed by atoms with Crippen molar-refractivity contribution in [2.75, 3.05) is 13.7 Å². The van der Waals surface area contributed by atoms with Gasteiger partial charge in [-0.3, -0.25) is 0 Å². The standard InChI is InChI=1S/C17H22BrNO/c1-19-16(14-7-10-2-3-11(14)6-10)15-9-13(18)8-12-4-5-20-17(12)15/h8-11,14,16,19H,2-7H2,1H3. The van der Waals surface area contributed by atoms with Gasteiger partial charge in [0.25, 0.3) is 0 Å². The molecule has 1 aromatic rings. The van der Waals surface area contributed by atoms with E-state index in [-0.39, 0.29) is 0 Å². The molecule has 2 nitrogen and oxygen atoms in total. The molecule has 1 aliphatic heterocycles. The second-order valence-corrected chi connectivity index (χ2v) is 7.60. The summed E-state index contributed by atoms with van der Waals surface area (Å²) in [6.45, 7) is 0.839. The highest BCUT2D eigenvalue weighted by molar-refractivity contribution is 9.10. The number of rotatable bonds is 3. The van der Waals surface area contributed by atoms with Gasteiger partial charge >= 0.3 is 0 Å². The first kappa shape index (κ1) is 13.1. The molecule has 1 N–H and O–H groups in total. The van der Waals surface area contributed by atoms with E-state index >= 15 is 0 Å². The molecule has 2 fully saturated rings. The fourth-order valence-corrected chi connectivity index (χ4v) is 5.35. The molecule has 20 heavy (non-hydrogen) atoms. The van der Waals surface area contributed by atoms with Gasteiger partial charge in [0.15, 0.2) is 0 Å². The molecule has 0 spiro atoms. The zero-order valence-corrected chi connectivity index (χ0v) is 13.6. The van der Waals surface area contributed by atoms with E-state index in [0.29, 0.717) is 6.04 Å². The van der Waals surface area contributed by atoms with Crippen LogP contribution in [0.1, 0.15) is 42.9 Å². The lowest BCUT2D eigenvalue weighted by atomic mass is 9.80. The Morgan fingerprint density at radius 1 is 1.30 bits per heavy atom. The van der Waals surface area contributed by atoms with Gasteiger partial charge in [-0.05, 0) is 61.8 Å². The molecule has 4 atom stereocenters. The van der Waals surface area contributed by atoms with Crippen LogP contribution < -0.4 is 10.1 Å². The number of halogens is 1. The summed E-state index contributed by atoms with van der Waals surface area (Å²) in [5.74, 6) is 3.87. The van der Waals surface area contributed by atoms with Gasteiger partial charge < -0.3 is 10.1 Å². The Balaban J connectivity index is 1.71. The molecule has 4 rings (SSSR count). The minimum Gasteiger partial charge on any atom is -0.493 e. The Labute approximate surface area is 129 Å². The quantitative estimate of drug-likeness (QED) is 0.898. The van der Waals surface area contributed by atoms with Crippen molar-refractivity contribution < 1.29 is 4.74 Å². The normalized spacial score (nSPS) is 32.2. The average Bonchev–Trinajstić information content (AvgIpc) is 3.14. The second kappa shape index (κ2) is 5.03. The molecule has 1 aromatic carbocycles. The number of fused-ring (bicyclic) bond motifs is 3. The third-order valence-electron chi connectivity index (χ3n) is 5.64. The summed E-state index contributed by atoms with van der Waals surface area (Å²) in [7, 11) is 2.11. The van der Waals surface area contributed by atoms with Crippen LogP contribution in [0.5, 0.6) is 5.75 Å². The lowest BCUT2D eigenvalue weighted by Crippen LogP contribution is -2.29. The molecule has 1 heterocycles. The summed E-state index contributed by atoms with van der Waals surface area (Å²) < 4.78 is 7.14. The molecule has 3 heteroatoms.